The highest BCUT2D eigenvalue weighted by Crippen LogP contribution is 2.23. The molecule has 25 heavy (non-hydrogen) atoms. The fraction of sp³-hybridized carbons (Fsp3) is 0.125. The third-order valence-corrected chi connectivity index (χ3v) is 4.81. The van der Waals surface area contributed by atoms with Crippen LogP contribution in [0.2, 0.25) is 5.15 Å². The first-order valence-electron chi connectivity index (χ1n) is 7.42. The monoisotopic (exact) mass is 372 g/mol. The molecule has 7 nitrogen and oxygen atoms in total. The molecule has 0 bridgehead atoms. The van der Waals surface area contributed by atoms with Gasteiger partial charge in [-0.25, -0.2) is 9.97 Å². The lowest BCUT2D eigenvalue weighted by Gasteiger charge is -2.02. The van der Waals surface area contributed by atoms with E-state index < -0.39 is 0 Å². The lowest BCUT2D eigenvalue weighted by Crippen LogP contribution is -2.08. The van der Waals surface area contributed by atoms with E-state index in [-0.39, 0.29) is 5.91 Å². The number of pyridine rings is 1. The number of halogens is 1. The molecular weight excluding hydrogens is 360 g/mol. The highest BCUT2D eigenvalue weighted by Gasteiger charge is 2.10. The number of fused-ring (bicyclic) bond motifs is 2. The zero-order chi connectivity index (χ0) is 17.6. The normalized spacial score (nSPS) is 11.8. The molecule has 9 heteroatoms. The number of carbonyl (C=O) groups excluding carboxylic acids is 1. The highest BCUT2D eigenvalue weighted by molar-refractivity contribution is 7.15. The molecule has 0 radical (unpaired) electrons. The average molecular weight is 373 g/mol. The van der Waals surface area contributed by atoms with Gasteiger partial charge in [0.05, 0.1) is 23.3 Å². The van der Waals surface area contributed by atoms with Crippen LogP contribution in [-0.2, 0) is 11.8 Å². The lowest BCUT2D eigenvalue weighted by atomic mass is 10.2. The van der Waals surface area contributed by atoms with Crippen LogP contribution in [0.4, 0.5) is 5.69 Å². The third-order valence-electron chi connectivity index (χ3n) is 3.78. The number of amides is 1. The summed E-state index contributed by atoms with van der Waals surface area (Å²) in [6, 6.07) is 1.86. The van der Waals surface area contributed by atoms with E-state index >= 15 is 0 Å². The van der Waals surface area contributed by atoms with E-state index in [4.69, 9.17) is 11.6 Å². The molecule has 1 amide bonds. The third kappa shape index (κ3) is 2.79. The van der Waals surface area contributed by atoms with Gasteiger partial charge in [0.15, 0.2) is 15.8 Å². The maximum atomic E-state index is 12.2. The molecule has 0 saturated heterocycles. The first-order valence-corrected chi connectivity index (χ1v) is 8.68. The molecule has 4 aromatic heterocycles. The summed E-state index contributed by atoms with van der Waals surface area (Å²) >= 11 is 7.59. The summed E-state index contributed by atoms with van der Waals surface area (Å²) in [6.45, 7) is 1.91. The molecule has 126 valence electrons. The Morgan fingerprint density at radius 3 is 3.12 bits per heavy atom. The fourth-order valence-corrected chi connectivity index (χ4v) is 3.65. The van der Waals surface area contributed by atoms with E-state index in [1.807, 2.05) is 36.0 Å². The van der Waals surface area contributed by atoms with Crippen molar-refractivity contribution in [2.75, 3.05) is 5.32 Å². The Labute approximate surface area is 151 Å². The summed E-state index contributed by atoms with van der Waals surface area (Å²) in [7, 11) is 1.84. The number of carbonyl (C=O) groups is 1. The number of anilines is 1. The molecule has 0 saturated carbocycles. The molecule has 0 fully saturated rings. The van der Waals surface area contributed by atoms with Gasteiger partial charge in [-0.2, -0.15) is 5.10 Å². The van der Waals surface area contributed by atoms with Crippen LogP contribution in [0.3, 0.4) is 0 Å². The minimum Gasteiger partial charge on any atom is -0.321 e. The lowest BCUT2D eigenvalue weighted by molar-refractivity contribution is -0.111. The summed E-state index contributed by atoms with van der Waals surface area (Å²) in [5.74, 6) is -0.274. The maximum absolute atomic E-state index is 12.2. The second-order valence-corrected chi connectivity index (χ2v) is 6.70. The smallest absolute Gasteiger partial charge is 0.248 e. The average Bonchev–Trinajstić information content (AvgIpc) is 3.20. The van der Waals surface area contributed by atoms with Gasteiger partial charge in [-0.3, -0.25) is 13.9 Å². The number of hydrogen-bond donors (Lipinski definition) is 1. The van der Waals surface area contributed by atoms with Crippen molar-refractivity contribution in [3.05, 3.63) is 46.5 Å². The summed E-state index contributed by atoms with van der Waals surface area (Å²) in [5, 5.41) is 10.3. The van der Waals surface area contributed by atoms with Crippen LogP contribution in [0, 0.1) is 6.92 Å². The van der Waals surface area contributed by atoms with Crippen molar-refractivity contribution in [1.82, 2.24) is 24.1 Å². The standard InChI is InChI=1S/C16H13ClN6OS/c1-9-11-7-10(8-18-15(11)22(2)21-9)19-13(24)4-3-12-14(17)20-16-23(12)5-6-25-16/h3-8H,1-2H3,(H,19,24). The van der Waals surface area contributed by atoms with Gasteiger partial charge in [0.2, 0.25) is 5.91 Å². The van der Waals surface area contributed by atoms with Gasteiger partial charge in [-0.15, -0.1) is 11.3 Å². The van der Waals surface area contributed by atoms with Crippen molar-refractivity contribution in [2.24, 2.45) is 7.05 Å². The van der Waals surface area contributed by atoms with Crippen LogP contribution >= 0.6 is 22.9 Å². The molecule has 4 rings (SSSR count). The van der Waals surface area contributed by atoms with Gasteiger partial charge in [0.25, 0.3) is 0 Å². The van der Waals surface area contributed by atoms with Crippen LogP contribution in [0.5, 0.6) is 0 Å². The Balaban J connectivity index is 1.57. The molecule has 4 heterocycles. The van der Waals surface area contributed by atoms with Gasteiger partial charge >= 0.3 is 0 Å². The van der Waals surface area contributed by atoms with Gasteiger partial charge in [0.1, 0.15) is 0 Å². The van der Waals surface area contributed by atoms with Gasteiger partial charge in [-0.05, 0) is 19.1 Å². The minimum absolute atomic E-state index is 0.274. The van der Waals surface area contributed by atoms with Crippen molar-refractivity contribution in [2.45, 2.75) is 6.92 Å². The van der Waals surface area contributed by atoms with E-state index in [1.165, 1.54) is 17.4 Å². The van der Waals surface area contributed by atoms with Crippen molar-refractivity contribution in [3.8, 4) is 0 Å². The number of aromatic nitrogens is 5. The molecule has 0 aliphatic heterocycles. The van der Waals surface area contributed by atoms with Gasteiger partial charge < -0.3 is 5.32 Å². The molecule has 0 atom stereocenters. The van der Waals surface area contributed by atoms with E-state index in [1.54, 1.807) is 17.0 Å². The number of hydrogen-bond acceptors (Lipinski definition) is 5. The summed E-state index contributed by atoms with van der Waals surface area (Å²) in [5.41, 5.74) is 2.92. The largest absolute Gasteiger partial charge is 0.321 e. The number of imidazole rings is 1. The van der Waals surface area contributed by atoms with Gasteiger partial charge in [0, 0.05) is 30.1 Å². The Hall–Kier alpha value is -2.71. The SMILES string of the molecule is Cc1nn(C)c2ncc(NC(=O)C=Cc3c(Cl)nc4sccn34)cc12. The number of aryl methyl sites for hydroxylation is 2. The first kappa shape index (κ1) is 15.8. The Morgan fingerprint density at radius 1 is 1.44 bits per heavy atom. The Morgan fingerprint density at radius 2 is 2.28 bits per heavy atom. The fourth-order valence-electron chi connectivity index (χ4n) is 2.64. The molecule has 0 aliphatic carbocycles. The van der Waals surface area contributed by atoms with Crippen molar-refractivity contribution in [1.29, 1.82) is 0 Å². The topological polar surface area (TPSA) is 77.1 Å². The maximum Gasteiger partial charge on any atom is 0.248 e. The van der Waals surface area contributed by atoms with Crippen molar-refractivity contribution >= 4 is 56.6 Å². The van der Waals surface area contributed by atoms with Crippen LogP contribution in [0.1, 0.15) is 11.4 Å². The van der Waals surface area contributed by atoms with Crippen LogP contribution in [-0.4, -0.2) is 30.1 Å². The second-order valence-electron chi connectivity index (χ2n) is 5.47. The van der Waals surface area contributed by atoms with Crippen LogP contribution in [0.15, 0.2) is 29.9 Å². The van der Waals surface area contributed by atoms with Crippen molar-refractivity contribution in [3.63, 3.8) is 0 Å². The zero-order valence-corrected chi connectivity index (χ0v) is 15.0. The summed E-state index contributed by atoms with van der Waals surface area (Å²) in [6.07, 6.45) is 6.54. The number of rotatable bonds is 3. The molecular formula is C16H13ClN6OS. The molecule has 0 unspecified atom stereocenters. The predicted octanol–water partition coefficient (Wildman–Crippen LogP) is 3.29. The van der Waals surface area contributed by atoms with E-state index in [0.717, 1.165) is 21.7 Å². The quantitative estimate of drug-likeness (QED) is 0.560. The predicted molar refractivity (Wildman–Crippen MR) is 99.0 cm³/mol. The molecule has 1 N–H and O–H groups in total. The Bertz CT molecular complexity index is 1140. The van der Waals surface area contributed by atoms with E-state index in [2.05, 4.69) is 20.4 Å². The molecule has 0 aliphatic rings. The number of thiazole rings is 1. The molecule has 0 aromatic carbocycles. The minimum atomic E-state index is -0.274. The zero-order valence-electron chi connectivity index (χ0n) is 13.4. The Kier molecular flexibility index (Phi) is 3.78. The van der Waals surface area contributed by atoms with E-state index in [9.17, 15) is 4.79 Å². The van der Waals surface area contributed by atoms with Crippen LogP contribution in [0.25, 0.3) is 22.1 Å². The molecule has 4 aromatic rings. The summed E-state index contributed by atoms with van der Waals surface area (Å²) in [4.78, 5) is 21.6. The van der Waals surface area contributed by atoms with E-state index in [0.29, 0.717) is 16.5 Å². The van der Waals surface area contributed by atoms with Gasteiger partial charge in [-0.1, -0.05) is 11.6 Å². The number of nitrogens with zero attached hydrogens (tertiary/aromatic N) is 5. The summed E-state index contributed by atoms with van der Waals surface area (Å²) < 4.78 is 3.55. The van der Waals surface area contributed by atoms with Crippen molar-refractivity contribution < 1.29 is 4.79 Å². The van der Waals surface area contributed by atoms with Crippen LogP contribution < -0.4 is 5.32 Å². The first-order chi connectivity index (χ1) is 12.0. The molecule has 0 spiro atoms. The number of nitrogens with one attached hydrogen (secondary N) is 1. The second kappa shape index (κ2) is 5.98. The highest BCUT2D eigenvalue weighted by atomic mass is 35.5.